The van der Waals surface area contributed by atoms with Crippen LogP contribution < -0.4 is 16.0 Å². The van der Waals surface area contributed by atoms with Crippen LogP contribution in [0.25, 0.3) is 0 Å². The number of nitrogens with zero attached hydrogens (tertiary/aromatic N) is 1. The van der Waals surface area contributed by atoms with Crippen LogP contribution in [0, 0.1) is 5.41 Å². The maximum atomic E-state index is 12.1. The van der Waals surface area contributed by atoms with E-state index in [9.17, 15) is 4.79 Å². The number of amides is 1. The van der Waals surface area contributed by atoms with Gasteiger partial charge in [-0.2, -0.15) is 0 Å². The lowest BCUT2D eigenvalue weighted by Crippen LogP contribution is -2.39. The van der Waals surface area contributed by atoms with Gasteiger partial charge in [-0.05, 0) is 57.1 Å². The van der Waals surface area contributed by atoms with Crippen molar-refractivity contribution in [1.29, 1.82) is 0 Å². The van der Waals surface area contributed by atoms with E-state index in [-0.39, 0.29) is 29.9 Å². The molecule has 30 heavy (non-hydrogen) atoms. The molecule has 0 aromatic heterocycles. The number of carbonyl (C=O) groups is 1. The number of benzene rings is 1. The number of ether oxygens (including phenoxy) is 1. The Balaban J connectivity index is 0.00000450. The van der Waals surface area contributed by atoms with Crippen LogP contribution >= 0.6 is 24.0 Å². The number of nitrogens with one attached hydrogen (secondary N) is 3. The highest BCUT2D eigenvalue weighted by Crippen LogP contribution is 2.41. The zero-order valence-corrected chi connectivity index (χ0v) is 20.9. The SMILES string of the molecule is CCNC(=NCC1(CCOCC)CCCC1)NCCCNC(=O)c1ccccc1.I. The van der Waals surface area contributed by atoms with Gasteiger partial charge < -0.3 is 20.7 Å². The molecule has 2 rings (SSSR count). The summed E-state index contributed by atoms with van der Waals surface area (Å²) in [6, 6.07) is 9.32. The van der Waals surface area contributed by atoms with Gasteiger partial charge in [0.1, 0.15) is 0 Å². The Morgan fingerprint density at radius 2 is 1.77 bits per heavy atom. The van der Waals surface area contributed by atoms with E-state index in [1.54, 1.807) is 0 Å². The van der Waals surface area contributed by atoms with E-state index in [0.717, 1.165) is 51.6 Å². The fourth-order valence-corrected chi connectivity index (χ4v) is 3.82. The van der Waals surface area contributed by atoms with Crippen LogP contribution in [0.2, 0.25) is 0 Å². The van der Waals surface area contributed by atoms with Crippen molar-refractivity contribution in [3.05, 3.63) is 35.9 Å². The topological polar surface area (TPSA) is 74.8 Å². The fraction of sp³-hybridized carbons (Fsp3) is 0.652. The summed E-state index contributed by atoms with van der Waals surface area (Å²) in [6.45, 7) is 8.84. The first-order valence-electron chi connectivity index (χ1n) is 11.1. The van der Waals surface area contributed by atoms with E-state index in [4.69, 9.17) is 9.73 Å². The molecule has 170 valence electrons. The molecule has 1 aliphatic carbocycles. The number of halogens is 1. The molecule has 0 radical (unpaired) electrons. The molecule has 1 amide bonds. The van der Waals surface area contributed by atoms with Gasteiger partial charge in [0, 0.05) is 45.0 Å². The summed E-state index contributed by atoms with van der Waals surface area (Å²) >= 11 is 0. The number of carbonyl (C=O) groups excluding carboxylic acids is 1. The average molecular weight is 530 g/mol. The first kappa shape index (κ1) is 26.7. The minimum absolute atomic E-state index is 0. The van der Waals surface area contributed by atoms with Crippen molar-refractivity contribution >= 4 is 35.8 Å². The molecule has 0 bridgehead atoms. The highest BCUT2D eigenvalue weighted by atomic mass is 127. The third kappa shape index (κ3) is 9.64. The predicted octanol–water partition coefficient (Wildman–Crippen LogP) is 3.97. The molecular formula is C23H39IN4O2. The molecule has 0 aliphatic heterocycles. The van der Waals surface area contributed by atoms with Crippen molar-refractivity contribution in [3.8, 4) is 0 Å². The third-order valence-electron chi connectivity index (χ3n) is 5.53. The summed E-state index contributed by atoms with van der Waals surface area (Å²) in [5.41, 5.74) is 0.991. The lowest BCUT2D eigenvalue weighted by atomic mass is 9.83. The Morgan fingerprint density at radius 1 is 1.07 bits per heavy atom. The molecule has 1 aromatic carbocycles. The van der Waals surface area contributed by atoms with E-state index < -0.39 is 0 Å². The molecule has 0 atom stereocenters. The third-order valence-corrected chi connectivity index (χ3v) is 5.53. The molecule has 0 unspecified atom stereocenters. The number of rotatable bonds is 12. The maximum Gasteiger partial charge on any atom is 0.251 e. The van der Waals surface area contributed by atoms with Gasteiger partial charge in [0.05, 0.1) is 0 Å². The van der Waals surface area contributed by atoms with Crippen molar-refractivity contribution in [3.63, 3.8) is 0 Å². The van der Waals surface area contributed by atoms with Crippen molar-refractivity contribution < 1.29 is 9.53 Å². The van der Waals surface area contributed by atoms with Gasteiger partial charge in [-0.1, -0.05) is 31.0 Å². The van der Waals surface area contributed by atoms with Gasteiger partial charge in [0.25, 0.3) is 5.91 Å². The van der Waals surface area contributed by atoms with Crippen LogP contribution in [0.15, 0.2) is 35.3 Å². The Labute approximate surface area is 199 Å². The standard InChI is InChI=1S/C23H38N4O2.HI/c1-3-24-22(27-19-23(13-8-9-14-23)15-18-29-4-2)26-17-10-16-25-21(28)20-11-6-5-7-12-20;/h5-7,11-12H,3-4,8-10,13-19H2,1-2H3,(H,25,28)(H2,24,26,27);1H. The van der Waals surface area contributed by atoms with Gasteiger partial charge in [0.15, 0.2) is 5.96 Å². The molecule has 0 saturated heterocycles. The maximum absolute atomic E-state index is 12.1. The van der Waals surface area contributed by atoms with Gasteiger partial charge >= 0.3 is 0 Å². The summed E-state index contributed by atoms with van der Waals surface area (Å²) < 4.78 is 5.60. The van der Waals surface area contributed by atoms with E-state index >= 15 is 0 Å². The first-order valence-corrected chi connectivity index (χ1v) is 11.1. The highest BCUT2D eigenvalue weighted by molar-refractivity contribution is 14.0. The van der Waals surface area contributed by atoms with Crippen molar-refractivity contribution in [2.75, 3.05) is 39.4 Å². The van der Waals surface area contributed by atoms with Gasteiger partial charge in [-0.3, -0.25) is 9.79 Å². The normalized spacial score (nSPS) is 15.3. The van der Waals surface area contributed by atoms with Crippen LogP contribution in [0.3, 0.4) is 0 Å². The number of aliphatic imine (C=N–C) groups is 1. The smallest absolute Gasteiger partial charge is 0.251 e. The summed E-state index contributed by atoms with van der Waals surface area (Å²) in [5, 5.41) is 9.70. The average Bonchev–Trinajstić information content (AvgIpc) is 3.21. The Kier molecular flexibility index (Phi) is 13.7. The Bertz CT molecular complexity index is 619. The van der Waals surface area contributed by atoms with Crippen LogP contribution in [0.5, 0.6) is 0 Å². The lowest BCUT2D eigenvalue weighted by Gasteiger charge is -2.27. The summed E-state index contributed by atoms with van der Waals surface area (Å²) in [7, 11) is 0. The quantitative estimate of drug-likeness (QED) is 0.166. The van der Waals surface area contributed by atoms with Gasteiger partial charge in [-0.15, -0.1) is 24.0 Å². The summed E-state index contributed by atoms with van der Waals surface area (Å²) in [6.07, 6.45) is 7.02. The van der Waals surface area contributed by atoms with E-state index in [1.807, 2.05) is 30.3 Å². The molecule has 7 heteroatoms. The molecule has 0 spiro atoms. The second kappa shape index (κ2) is 15.5. The number of guanidine groups is 1. The van der Waals surface area contributed by atoms with E-state index in [0.29, 0.717) is 17.5 Å². The lowest BCUT2D eigenvalue weighted by molar-refractivity contribution is 0.0953. The second-order valence-corrected chi connectivity index (χ2v) is 7.75. The van der Waals surface area contributed by atoms with Gasteiger partial charge in [0.2, 0.25) is 0 Å². The highest BCUT2D eigenvalue weighted by Gasteiger charge is 2.33. The predicted molar refractivity (Wildman–Crippen MR) is 135 cm³/mol. The van der Waals surface area contributed by atoms with Crippen LogP contribution in [-0.2, 0) is 4.74 Å². The second-order valence-electron chi connectivity index (χ2n) is 7.75. The fourth-order valence-electron chi connectivity index (χ4n) is 3.82. The summed E-state index contributed by atoms with van der Waals surface area (Å²) in [4.78, 5) is 16.9. The van der Waals surface area contributed by atoms with Crippen LogP contribution in [0.4, 0.5) is 0 Å². The summed E-state index contributed by atoms with van der Waals surface area (Å²) in [5.74, 6) is 0.841. The molecular weight excluding hydrogens is 491 g/mol. The Hall–Kier alpha value is -1.35. The first-order chi connectivity index (χ1) is 14.2. The van der Waals surface area contributed by atoms with Crippen molar-refractivity contribution in [2.45, 2.75) is 52.4 Å². The molecule has 1 aromatic rings. The van der Waals surface area contributed by atoms with E-state index in [1.165, 1.54) is 25.7 Å². The molecule has 0 heterocycles. The minimum Gasteiger partial charge on any atom is -0.382 e. The monoisotopic (exact) mass is 530 g/mol. The van der Waals surface area contributed by atoms with Gasteiger partial charge in [-0.25, -0.2) is 0 Å². The largest absolute Gasteiger partial charge is 0.382 e. The number of hydrogen-bond donors (Lipinski definition) is 3. The molecule has 1 saturated carbocycles. The van der Waals surface area contributed by atoms with E-state index in [2.05, 4.69) is 29.8 Å². The van der Waals surface area contributed by atoms with Crippen molar-refractivity contribution in [2.24, 2.45) is 10.4 Å². The molecule has 1 aliphatic rings. The zero-order valence-electron chi connectivity index (χ0n) is 18.5. The molecule has 3 N–H and O–H groups in total. The van der Waals surface area contributed by atoms with Crippen LogP contribution in [0.1, 0.15) is 62.7 Å². The van der Waals surface area contributed by atoms with Crippen molar-refractivity contribution in [1.82, 2.24) is 16.0 Å². The molecule has 1 fully saturated rings. The number of hydrogen-bond acceptors (Lipinski definition) is 3. The van der Waals surface area contributed by atoms with Crippen LogP contribution in [-0.4, -0.2) is 51.3 Å². The molecule has 6 nitrogen and oxygen atoms in total. The zero-order chi connectivity index (χ0) is 20.8. The minimum atomic E-state index is -0.0244. The Morgan fingerprint density at radius 3 is 2.43 bits per heavy atom.